The summed E-state index contributed by atoms with van der Waals surface area (Å²) in [5, 5.41) is 11.0. The number of nitrogens with one attached hydrogen (secondary N) is 1. The third-order valence-corrected chi connectivity index (χ3v) is 5.03. The van der Waals surface area contributed by atoms with Crippen molar-refractivity contribution in [2.24, 2.45) is 0 Å². The van der Waals surface area contributed by atoms with Gasteiger partial charge in [0.15, 0.2) is 9.84 Å². The van der Waals surface area contributed by atoms with E-state index in [0.717, 1.165) is 12.5 Å². The lowest BCUT2D eigenvalue weighted by atomic mass is 10.2. The summed E-state index contributed by atoms with van der Waals surface area (Å²) in [4.78, 5) is 10.9. The summed E-state index contributed by atoms with van der Waals surface area (Å²) < 4.78 is 24.6. The molecule has 1 aromatic rings. The highest BCUT2D eigenvalue weighted by Gasteiger charge is 2.27. The Labute approximate surface area is 115 Å². The second kappa shape index (κ2) is 5.32. The molecule has 0 spiro atoms. The van der Waals surface area contributed by atoms with E-state index in [1.165, 1.54) is 12.1 Å². The van der Waals surface area contributed by atoms with E-state index in [-0.39, 0.29) is 15.5 Å². The van der Waals surface area contributed by atoms with Crippen LogP contribution in [0, 0.1) is 0 Å². The standard InChI is InChI=1S/C12H12ClNO4S/c13-10-5-4-8(7-9(10)12(15)16)19(17,18)11-3-1-2-6-14-11/h1,3-5,7,11,14H,2,6H2,(H,15,16). The normalized spacial score (nSPS) is 19.3. The number of carboxylic acid groups (broad SMARTS) is 1. The fourth-order valence-electron chi connectivity index (χ4n) is 1.80. The van der Waals surface area contributed by atoms with Crippen molar-refractivity contribution < 1.29 is 18.3 Å². The molecule has 2 rings (SSSR count). The van der Waals surface area contributed by atoms with Crippen LogP contribution in [0.5, 0.6) is 0 Å². The Bertz CT molecular complexity index is 639. The number of rotatable bonds is 3. The first kappa shape index (κ1) is 14.0. The summed E-state index contributed by atoms with van der Waals surface area (Å²) in [6, 6.07) is 3.68. The molecule has 1 aliphatic heterocycles. The first-order chi connectivity index (χ1) is 8.93. The Balaban J connectivity index is 2.46. The van der Waals surface area contributed by atoms with E-state index in [1.807, 2.05) is 0 Å². The van der Waals surface area contributed by atoms with Crippen molar-refractivity contribution in [3.8, 4) is 0 Å². The number of hydrogen-bond donors (Lipinski definition) is 2. The zero-order valence-electron chi connectivity index (χ0n) is 9.84. The van der Waals surface area contributed by atoms with Gasteiger partial charge in [0.05, 0.1) is 15.5 Å². The SMILES string of the molecule is O=C(O)c1cc(S(=O)(=O)C2C=CCCN2)ccc1Cl. The number of halogens is 1. The molecule has 1 aromatic carbocycles. The Hall–Kier alpha value is -1.37. The van der Waals surface area contributed by atoms with Crippen LogP contribution in [0.2, 0.25) is 5.02 Å². The minimum atomic E-state index is -3.65. The molecular weight excluding hydrogens is 290 g/mol. The highest BCUT2D eigenvalue weighted by Crippen LogP contribution is 2.23. The van der Waals surface area contributed by atoms with E-state index < -0.39 is 21.2 Å². The summed E-state index contributed by atoms with van der Waals surface area (Å²) in [5.74, 6) is -1.26. The molecule has 0 radical (unpaired) electrons. The summed E-state index contributed by atoms with van der Waals surface area (Å²) in [6.45, 7) is 0.569. The van der Waals surface area contributed by atoms with Gasteiger partial charge >= 0.3 is 5.97 Å². The van der Waals surface area contributed by atoms with E-state index in [4.69, 9.17) is 16.7 Å². The average molecular weight is 302 g/mol. The molecule has 1 atom stereocenters. The predicted molar refractivity (Wildman–Crippen MR) is 71.1 cm³/mol. The summed E-state index contributed by atoms with van der Waals surface area (Å²) in [6.07, 6.45) is 4.12. The van der Waals surface area contributed by atoms with Gasteiger partial charge < -0.3 is 5.11 Å². The zero-order valence-corrected chi connectivity index (χ0v) is 11.4. The molecular formula is C12H12ClNO4S. The van der Waals surface area contributed by atoms with Crippen LogP contribution in [0.4, 0.5) is 0 Å². The number of benzene rings is 1. The van der Waals surface area contributed by atoms with Crippen molar-refractivity contribution >= 4 is 27.4 Å². The van der Waals surface area contributed by atoms with Crippen LogP contribution in [0.25, 0.3) is 0 Å². The van der Waals surface area contributed by atoms with E-state index in [9.17, 15) is 13.2 Å². The van der Waals surface area contributed by atoms with Crippen molar-refractivity contribution in [3.63, 3.8) is 0 Å². The van der Waals surface area contributed by atoms with Crippen molar-refractivity contribution in [1.29, 1.82) is 0 Å². The van der Waals surface area contributed by atoms with Crippen LogP contribution in [0.3, 0.4) is 0 Å². The Kier molecular flexibility index (Phi) is 3.93. The van der Waals surface area contributed by atoms with Gasteiger partial charge in [0.2, 0.25) is 0 Å². The summed E-state index contributed by atoms with van der Waals surface area (Å²) >= 11 is 5.72. The molecule has 0 aromatic heterocycles. The maximum Gasteiger partial charge on any atom is 0.337 e. The molecule has 0 amide bonds. The lowest BCUT2D eigenvalue weighted by molar-refractivity contribution is 0.0697. The molecule has 0 aliphatic carbocycles. The molecule has 0 fully saturated rings. The maximum absolute atomic E-state index is 12.3. The molecule has 1 heterocycles. The van der Waals surface area contributed by atoms with Crippen LogP contribution in [0.15, 0.2) is 35.2 Å². The largest absolute Gasteiger partial charge is 0.478 e. The minimum Gasteiger partial charge on any atom is -0.478 e. The van der Waals surface area contributed by atoms with Crippen LogP contribution in [-0.4, -0.2) is 31.4 Å². The van der Waals surface area contributed by atoms with Crippen LogP contribution >= 0.6 is 11.6 Å². The van der Waals surface area contributed by atoms with Crippen molar-refractivity contribution in [1.82, 2.24) is 5.32 Å². The molecule has 2 N–H and O–H groups in total. The van der Waals surface area contributed by atoms with E-state index in [2.05, 4.69) is 5.32 Å². The van der Waals surface area contributed by atoms with Gasteiger partial charge in [-0.25, -0.2) is 13.2 Å². The average Bonchev–Trinajstić information content (AvgIpc) is 2.39. The summed E-state index contributed by atoms with van der Waals surface area (Å²) in [5.41, 5.74) is -0.220. The predicted octanol–water partition coefficient (Wildman–Crippen LogP) is 1.69. The summed E-state index contributed by atoms with van der Waals surface area (Å²) in [7, 11) is -3.65. The molecule has 0 saturated carbocycles. The Morgan fingerprint density at radius 3 is 2.74 bits per heavy atom. The smallest absolute Gasteiger partial charge is 0.337 e. The van der Waals surface area contributed by atoms with Crippen molar-refractivity contribution in [3.05, 3.63) is 40.9 Å². The van der Waals surface area contributed by atoms with Crippen molar-refractivity contribution in [2.45, 2.75) is 16.7 Å². The lowest BCUT2D eigenvalue weighted by Crippen LogP contribution is -2.37. The minimum absolute atomic E-state index is 0.0126. The van der Waals surface area contributed by atoms with Gasteiger partial charge in [-0.2, -0.15) is 0 Å². The molecule has 5 nitrogen and oxygen atoms in total. The molecule has 102 valence electrons. The maximum atomic E-state index is 12.3. The first-order valence-corrected chi connectivity index (χ1v) is 7.52. The van der Waals surface area contributed by atoms with Gasteiger partial charge in [0, 0.05) is 6.54 Å². The Morgan fingerprint density at radius 2 is 2.16 bits per heavy atom. The monoisotopic (exact) mass is 301 g/mol. The van der Waals surface area contributed by atoms with Gasteiger partial charge in [0.25, 0.3) is 0 Å². The van der Waals surface area contributed by atoms with Gasteiger partial charge in [0.1, 0.15) is 5.37 Å². The van der Waals surface area contributed by atoms with Gasteiger partial charge in [-0.3, -0.25) is 5.32 Å². The molecule has 19 heavy (non-hydrogen) atoms. The quantitative estimate of drug-likeness (QED) is 0.830. The molecule has 0 bridgehead atoms. The first-order valence-electron chi connectivity index (χ1n) is 5.60. The highest BCUT2D eigenvalue weighted by atomic mass is 35.5. The molecule has 1 unspecified atom stereocenters. The van der Waals surface area contributed by atoms with Crippen LogP contribution < -0.4 is 5.32 Å². The number of hydrogen-bond acceptors (Lipinski definition) is 4. The third-order valence-electron chi connectivity index (χ3n) is 2.80. The van der Waals surface area contributed by atoms with E-state index in [0.29, 0.717) is 6.54 Å². The fraction of sp³-hybridized carbons (Fsp3) is 0.250. The number of sulfone groups is 1. The topological polar surface area (TPSA) is 83.5 Å². The zero-order chi connectivity index (χ0) is 14.0. The van der Waals surface area contributed by atoms with E-state index >= 15 is 0 Å². The Morgan fingerprint density at radius 1 is 1.42 bits per heavy atom. The molecule has 1 aliphatic rings. The lowest BCUT2D eigenvalue weighted by Gasteiger charge is -2.19. The molecule has 0 saturated heterocycles. The number of carbonyl (C=O) groups is 1. The molecule has 7 heteroatoms. The highest BCUT2D eigenvalue weighted by molar-refractivity contribution is 7.92. The second-order valence-electron chi connectivity index (χ2n) is 4.08. The van der Waals surface area contributed by atoms with Crippen LogP contribution in [-0.2, 0) is 9.84 Å². The van der Waals surface area contributed by atoms with E-state index in [1.54, 1.807) is 12.2 Å². The third kappa shape index (κ3) is 2.80. The fourth-order valence-corrected chi connectivity index (χ4v) is 3.49. The van der Waals surface area contributed by atoms with Gasteiger partial charge in [-0.15, -0.1) is 0 Å². The number of carboxylic acids is 1. The van der Waals surface area contributed by atoms with Crippen molar-refractivity contribution in [2.75, 3.05) is 6.54 Å². The van der Waals surface area contributed by atoms with Gasteiger partial charge in [-0.05, 0) is 24.6 Å². The number of aromatic carboxylic acids is 1. The van der Waals surface area contributed by atoms with Gasteiger partial charge in [-0.1, -0.05) is 23.8 Å². The second-order valence-corrected chi connectivity index (χ2v) is 6.56. The van der Waals surface area contributed by atoms with Crippen LogP contribution in [0.1, 0.15) is 16.8 Å².